The molecule has 0 spiro atoms. The van der Waals surface area contributed by atoms with Crippen LogP contribution in [0.2, 0.25) is 0 Å². The molecule has 0 N–H and O–H groups in total. The van der Waals surface area contributed by atoms with E-state index in [0.717, 1.165) is 41.1 Å². The average Bonchev–Trinajstić information content (AvgIpc) is 2.96. The second-order valence-corrected chi connectivity index (χ2v) is 10.1. The summed E-state index contributed by atoms with van der Waals surface area (Å²) in [5, 5.41) is 10.7. The van der Waals surface area contributed by atoms with Gasteiger partial charge in [0, 0.05) is 6.07 Å². The zero-order valence-electron chi connectivity index (χ0n) is 24.0. The second kappa shape index (κ2) is 18.4. The summed E-state index contributed by atoms with van der Waals surface area (Å²) in [5.41, 5.74) is 2.79. The monoisotopic (exact) mass is 790 g/mol. The fourth-order valence-corrected chi connectivity index (χ4v) is 3.61. The van der Waals surface area contributed by atoms with E-state index in [4.69, 9.17) is 19.9 Å². The van der Waals surface area contributed by atoms with Crippen LogP contribution < -0.4 is 4.74 Å². The summed E-state index contributed by atoms with van der Waals surface area (Å²) in [5.74, 6) is -2.99. The summed E-state index contributed by atoms with van der Waals surface area (Å²) >= 11 is -4.21. The third-order valence-corrected chi connectivity index (χ3v) is 5.76. The molecule has 237 valence electrons. The van der Waals surface area contributed by atoms with Crippen molar-refractivity contribution in [2.24, 2.45) is 0 Å². The van der Waals surface area contributed by atoms with Crippen LogP contribution >= 0.6 is 0 Å². The van der Waals surface area contributed by atoms with Crippen LogP contribution in [0.4, 0.5) is 23.2 Å². The summed E-state index contributed by atoms with van der Waals surface area (Å²) in [6.45, 7) is 3.34. The van der Waals surface area contributed by atoms with Crippen molar-refractivity contribution in [3.8, 4) is 5.75 Å². The number of rotatable bonds is 8. The molecule has 0 amide bonds. The molecule has 0 fully saturated rings. The van der Waals surface area contributed by atoms with E-state index in [2.05, 4.69) is 0 Å². The fraction of sp³-hybridized carbons (Fsp3) is 0.161. The van der Waals surface area contributed by atoms with Crippen molar-refractivity contribution < 1.29 is 59.0 Å². The summed E-state index contributed by atoms with van der Waals surface area (Å²) in [7, 11) is 1.61. The number of halogens is 4. The molecule has 0 aliphatic carbocycles. The van der Waals surface area contributed by atoms with Crippen LogP contribution in [0.15, 0.2) is 84.9 Å². The molecule has 8 nitrogen and oxygen atoms in total. The van der Waals surface area contributed by atoms with Crippen molar-refractivity contribution in [3.63, 3.8) is 0 Å². The van der Waals surface area contributed by atoms with Crippen LogP contribution in [-0.4, -0.2) is 12.0 Å². The predicted octanol–water partition coefficient (Wildman–Crippen LogP) is 8.38. The van der Waals surface area contributed by atoms with Crippen molar-refractivity contribution in [1.29, 1.82) is 0 Å². The number of methoxy groups -OCH3 is 1. The van der Waals surface area contributed by atoms with E-state index >= 15 is 0 Å². The van der Waals surface area contributed by atoms with E-state index in [-0.39, 0.29) is 13.1 Å². The number of hydrogen-bond donors (Lipinski definition) is 0. The summed E-state index contributed by atoms with van der Waals surface area (Å²) < 4.78 is 88.6. The van der Waals surface area contributed by atoms with E-state index < -0.39 is 57.0 Å². The van der Waals surface area contributed by atoms with E-state index in [1.807, 2.05) is 36.8 Å². The molecule has 4 rings (SSSR count). The van der Waals surface area contributed by atoms with Crippen LogP contribution in [0.5, 0.6) is 5.75 Å². The van der Waals surface area contributed by atoms with Gasteiger partial charge in [-0.15, -0.1) is 35.7 Å². The van der Waals surface area contributed by atoms with Crippen molar-refractivity contribution in [3.05, 3.63) is 154 Å². The Morgan fingerprint density at radius 2 is 1.20 bits per heavy atom. The average molecular weight is 790 g/mol. The second-order valence-electron chi connectivity index (χ2n) is 8.73. The number of hydrogen-bond acceptors (Lipinski definition) is 7. The van der Waals surface area contributed by atoms with E-state index in [1.54, 1.807) is 33.1 Å². The topological polar surface area (TPSA) is 113 Å². The molecule has 2 unspecified atom stereocenters. The van der Waals surface area contributed by atoms with Gasteiger partial charge in [0.1, 0.15) is 5.75 Å². The van der Waals surface area contributed by atoms with Gasteiger partial charge in [-0.1, -0.05) is 30.3 Å². The normalized spacial score (nSPS) is 11.2. The molecule has 0 saturated carbocycles. The number of nitro benzene ring substituents is 1. The fourth-order valence-electron chi connectivity index (χ4n) is 3.61. The van der Waals surface area contributed by atoms with Gasteiger partial charge < -0.3 is 16.9 Å². The molecule has 0 aromatic heterocycles. The van der Waals surface area contributed by atoms with E-state index in [9.17, 15) is 27.7 Å². The van der Waals surface area contributed by atoms with Crippen molar-refractivity contribution in [1.82, 2.24) is 0 Å². The molecule has 0 saturated heterocycles. The molecule has 13 heteroatoms. The Hall–Kier alpha value is -4.31. The van der Waals surface area contributed by atoms with Crippen LogP contribution in [0.25, 0.3) is 0 Å². The Morgan fingerprint density at radius 1 is 0.727 bits per heavy atom. The number of non-ortho nitro benzene ring substituents is 1. The zero-order valence-corrected chi connectivity index (χ0v) is 26.7. The molecule has 0 radical (unpaired) electrons. The standard InChI is InChI=1S/C16H14F4O.C14H12NO3.CH3.3O.Re/c1-9(11-3-5-13(17)15(19)7-11)21-10(2)12-4-6-14(18)16(20)8-12;1-18-14-7-5-11(6-8-14)9-12-3-2-4-13(10-12)15(16)17;;;;;/h3-10H,1-2H3;2-10H,1H3;1H3;;;;/q;2*-1;;;;. The van der Waals surface area contributed by atoms with Gasteiger partial charge in [-0.2, -0.15) is 0 Å². The summed E-state index contributed by atoms with van der Waals surface area (Å²) in [6, 6.07) is 21.0. The third-order valence-electron chi connectivity index (χ3n) is 5.76. The van der Waals surface area contributed by atoms with Crippen molar-refractivity contribution in [2.45, 2.75) is 26.1 Å². The van der Waals surface area contributed by atoms with Crippen LogP contribution in [0.3, 0.4) is 0 Å². The van der Waals surface area contributed by atoms with E-state index in [1.165, 1.54) is 18.2 Å². The first-order chi connectivity index (χ1) is 20.3. The molecular weight excluding hydrogens is 761 g/mol. The Balaban J connectivity index is 0.000000388. The molecule has 4 aromatic carbocycles. The first-order valence-corrected chi connectivity index (χ1v) is 15.6. The van der Waals surface area contributed by atoms with Gasteiger partial charge in [0.25, 0.3) is 0 Å². The zero-order chi connectivity index (χ0) is 32.1. The molecule has 4 aromatic rings. The quantitative estimate of drug-likeness (QED) is 0.0763. The molecule has 0 bridgehead atoms. The minimum absolute atomic E-state index is 0. The van der Waals surface area contributed by atoms with Crippen molar-refractivity contribution >= 4 is 5.69 Å². The first kappa shape index (κ1) is 37.7. The van der Waals surface area contributed by atoms with E-state index in [0.29, 0.717) is 11.1 Å². The van der Waals surface area contributed by atoms with Crippen LogP contribution in [0.1, 0.15) is 48.3 Å². The van der Waals surface area contributed by atoms with Crippen LogP contribution in [-0.2, 0) is 31.8 Å². The maximum atomic E-state index is 13.2. The molecule has 0 heterocycles. The number of ether oxygens (including phenoxy) is 2. The van der Waals surface area contributed by atoms with Gasteiger partial charge in [-0.3, -0.25) is 10.1 Å². The Morgan fingerprint density at radius 3 is 1.61 bits per heavy atom. The summed E-state index contributed by atoms with van der Waals surface area (Å²) in [6.07, 6.45) is 0.832. The van der Waals surface area contributed by atoms with Crippen molar-refractivity contribution in [2.75, 3.05) is 7.11 Å². The summed E-state index contributed by atoms with van der Waals surface area (Å²) in [4.78, 5) is 10.3. The number of nitro groups is 1. The van der Waals surface area contributed by atoms with Gasteiger partial charge in [0.2, 0.25) is 5.69 Å². The van der Waals surface area contributed by atoms with Gasteiger partial charge in [-0.05, 0) is 55.3 Å². The minimum atomic E-state index is -4.21. The number of benzene rings is 4. The maximum absolute atomic E-state index is 13.2. The molecular formula is C31H29F4NO7Re-2. The van der Waals surface area contributed by atoms with Gasteiger partial charge in [0.05, 0.1) is 24.2 Å². The molecule has 0 aliphatic heterocycles. The van der Waals surface area contributed by atoms with Gasteiger partial charge in [-0.25, -0.2) is 17.6 Å². The SMILES string of the molecule is CC(OC(C)c1ccc(F)c(F)c1)c1ccc(F)c(F)c1.COc1ccc([CH-]c2cccc([N+](=O)[O-])c2)cc1.[CH3-].[O]=[Re](=[O])=[O]. The Kier molecular flexibility index (Phi) is 15.8. The Bertz CT molecular complexity index is 1570. The van der Waals surface area contributed by atoms with Gasteiger partial charge in [0.15, 0.2) is 23.3 Å². The van der Waals surface area contributed by atoms with Gasteiger partial charge >= 0.3 is 27.0 Å². The number of nitrogens with zero attached hydrogens (tertiary/aromatic N) is 1. The molecule has 2 atom stereocenters. The predicted molar refractivity (Wildman–Crippen MR) is 148 cm³/mol. The third kappa shape index (κ3) is 12.5. The first-order valence-electron chi connectivity index (χ1n) is 12.3. The van der Waals surface area contributed by atoms with Crippen LogP contribution in [0, 0.1) is 47.2 Å². The molecule has 44 heavy (non-hydrogen) atoms. The Labute approximate surface area is 257 Å². The molecule has 0 aliphatic rings.